The summed E-state index contributed by atoms with van der Waals surface area (Å²) in [5.74, 6) is 0.0243. The molecule has 1 aromatic carbocycles. The van der Waals surface area contributed by atoms with Gasteiger partial charge in [0, 0.05) is 38.8 Å². The van der Waals surface area contributed by atoms with Crippen molar-refractivity contribution >= 4 is 11.9 Å². The fourth-order valence-electron chi connectivity index (χ4n) is 5.38. The Labute approximate surface area is 167 Å². The molecule has 2 saturated heterocycles. The molecule has 0 radical (unpaired) electrons. The van der Waals surface area contributed by atoms with Crippen molar-refractivity contribution in [3.05, 3.63) is 35.4 Å². The van der Waals surface area contributed by atoms with Gasteiger partial charge in [-0.1, -0.05) is 24.3 Å². The van der Waals surface area contributed by atoms with E-state index < -0.39 is 5.54 Å². The van der Waals surface area contributed by atoms with Crippen LogP contribution in [0.2, 0.25) is 0 Å². The van der Waals surface area contributed by atoms with E-state index in [1.807, 2.05) is 24.0 Å². The maximum atomic E-state index is 13.6. The Balaban J connectivity index is 1.54. The molecule has 1 unspecified atom stereocenters. The summed E-state index contributed by atoms with van der Waals surface area (Å²) < 4.78 is 5.29. The molecule has 28 heavy (non-hydrogen) atoms. The van der Waals surface area contributed by atoms with Crippen molar-refractivity contribution < 1.29 is 14.3 Å². The van der Waals surface area contributed by atoms with Crippen LogP contribution in [0.15, 0.2) is 24.3 Å². The van der Waals surface area contributed by atoms with E-state index in [1.54, 1.807) is 12.0 Å². The van der Waals surface area contributed by atoms with E-state index in [0.717, 1.165) is 25.9 Å². The highest BCUT2D eigenvalue weighted by molar-refractivity contribution is 6.07. The number of amides is 3. The number of urea groups is 1. The van der Waals surface area contributed by atoms with Crippen LogP contribution in [-0.4, -0.2) is 77.6 Å². The minimum Gasteiger partial charge on any atom is -0.383 e. The molecule has 2 fully saturated rings. The third kappa shape index (κ3) is 2.94. The first-order valence-corrected chi connectivity index (χ1v) is 10.5. The number of imide groups is 1. The lowest BCUT2D eigenvalue weighted by Gasteiger charge is -2.43. The molecule has 0 saturated carbocycles. The number of carbonyl (C=O) groups is 2. The lowest BCUT2D eigenvalue weighted by molar-refractivity contribution is -0.137. The van der Waals surface area contributed by atoms with Gasteiger partial charge >= 0.3 is 6.03 Å². The molecule has 0 N–H and O–H groups in total. The zero-order valence-corrected chi connectivity index (χ0v) is 17.2. The molecule has 1 spiro atoms. The molecule has 1 aromatic rings. The van der Waals surface area contributed by atoms with Crippen molar-refractivity contribution in [2.24, 2.45) is 0 Å². The van der Waals surface area contributed by atoms with Crippen LogP contribution in [0.25, 0.3) is 0 Å². The Bertz CT molecular complexity index is 732. The third-order valence-electron chi connectivity index (χ3n) is 6.94. The minimum absolute atomic E-state index is 0.0243. The number of hydrogen-bond donors (Lipinski definition) is 0. The van der Waals surface area contributed by atoms with Crippen LogP contribution in [0.4, 0.5) is 4.79 Å². The Kier molecular flexibility index (Phi) is 5.19. The number of likely N-dealkylation sites (N-methyl/N-ethyl adjacent to an activating group) is 1. The fourth-order valence-corrected chi connectivity index (χ4v) is 5.38. The average Bonchev–Trinajstić information content (AvgIpc) is 3.20. The summed E-state index contributed by atoms with van der Waals surface area (Å²) in [7, 11) is 1.72. The van der Waals surface area contributed by atoms with Crippen LogP contribution in [-0.2, 0) is 22.4 Å². The van der Waals surface area contributed by atoms with Gasteiger partial charge in [-0.2, -0.15) is 0 Å². The molecule has 1 aliphatic carbocycles. The maximum Gasteiger partial charge on any atom is 0.327 e. The molecular formula is C22H31N3O3. The fraction of sp³-hybridized carbons (Fsp3) is 0.636. The molecule has 3 aliphatic rings. The second-order valence-electron chi connectivity index (χ2n) is 8.40. The van der Waals surface area contributed by atoms with Gasteiger partial charge in [0.2, 0.25) is 0 Å². The normalized spacial score (nSPS) is 23.7. The Morgan fingerprint density at radius 2 is 1.75 bits per heavy atom. The molecule has 6 nitrogen and oxygen atoms in total. The van der Waals surface area contributed by atoms with E-state index in [0.29, 0.717) is 32.0 Å². The lowest BCUT2D eigenvalue weighted by Crippen LogP contribution is -2.58. The number of ether oxygens (including phenoxy) is 1. The number of likely N-dealkylation sites (tertiary alicyclic amines) is 1. The van der Waals surface area contributed by atoms with E-state index in [-0.39, 0.29) is 18.0 Å². The summed E-state index contributed by atoms with van der Waals surface area (Å²) in [6.45, 7) is 7.04. The second kappa shape index (κ2) is 7.48. The highest BCUT2D eigenvalue weighted by atomic mass is 16.5. The summed E-state index contributed by atoms with van der Waals surface area (Å²) in [6, 6.07) is 8.48. The van der Waals surface area contributed by atoms with E-state index in [2.05, 4.69) is 24.0 Å². The van der Waals surface area contributed by atoms with E-state index in [1.165, 1.54) is 11.1 Å². The molecule has 0 aromatic heterocycles. The van der Waals surface area contributed by atoms with Gasteiger partial charge in [0.1, 0.15) is 5.54 Å². The monoisotopic (exact) mass is 385 g/mol. The van der Waals surface area contributed by atoms with Gasteiger partial charge in [-0.15, -0.1) is 0 Å². The zero-order chi connectivity index (χ0) is 19.9. The van der Waals surface area contributed by atoms with Gasteiger partial charge in [0.25, 0.3) is 5.91 Å². The van der Waals surface area contributed by atoms with Gasteiger partial charge in [-0.25, -0.2) is 4.79 Å². The first kappa shape index (κ1) is 19.4. The summed E-state index contributed by atoms with van der Waals surface area (Å²) in [4.78, 5) is 32.7. The van der Waals surface area contributed by atoms with Crippen molar-refractivity contribution in [3.63, 3.8) is 0 Å². The molecule has 4 rings (SSSR count). The largest absolute Gasteiger partial charge is 0.383 e. The molecule has 0 bridgehead atoms. The van der Waals surface area contributed by atoms with E-state index in [9.17, 15) is 9.59 Å². The Hall–Kier alpha value is -1.92. The minimum atomic E-state index is -0.663. The Morgan fingerprint density at radius 1 is 1.14 bits per heavy atom. The van der Waals surface area contributed by atoms with Gasteiger partial charge in [0.05, 0.1) is 6.61 Å². The SMILES string of the molecule is CCN1C(=O)N(C2Cc3ccccc3C2)C(=O)C12CCN(C(C)COC)CC2. The Morgan fingerprint density at radius 3 is 2.29 bits per heavy atom. The molecule has 2 aliphatic heterocycles. The number of rotatable bonds is 5. The third-order valence-corrected chi connectivity index (χ3v) is 6.94. The van der Waals surface area contributed by atoms with Crippen LogP contribution in [0.1, 0.15) is 37.8 Å². The molecule has 152 valence electrons. The number of hydrogen-bond acceptors (Lipinski definition) is 4. The predicted octanol–water partition coefficient (Wildman–Crippen LogP) is 2.31. The summed E-state index contributed by atoms with van der Waals surface area (Å²) in [5, 5.41) is 0. The second-order valence-corrected chi connectivity index (χ2v) is 8.40. The van der Waals surface area contributed by atoms with Crippen LogP contribution in [0.3, 0.4) is 0 Å². The first-order valence-electron chi connectivity index (χ1n) is 10.5. The number of piperidine rings is 1. The van der Waals surface area contributed by atoms with Crippen molar-refractivity contribution in [1.82, 2.24) is 14.7 Å². The number of benzene rings is 1. The van der Waals surface area contributed by atoms with Crippen molar-refractivity contribution in [2.75, 3.05) is 33.4 Å². The first-order chi connectivity index (χ1) is 13.5. The van der Waals surface area contributed by atoms with Crippen LogP contribution >= 0.6 is 0 Å². The smallest absolute Gasteiger partial charge is 0.327 e. The number of nitrogens with zero attached hydrogens (tertiary/aromatic N) is 3. The molecular weight excluding hydrogens is 354 g/mol. The number of carbonyl (C=O) groups excluding carboxylic acids is 2. The summed E-state index contributed by atoms with van der Waals surface area (Å²) in [6.07, 6.45) is 2.96. The highest BCUT2D eigenvalue weighted by Gasteiger charge is 2.59. The van der Waals surface area contributed by atoms with Gasteiger partial charge < -0.3 is 9.64 Å². The number of fused-ring (bicyclic) bond motifs is 1. The summed E-state index contributed by atoms with van der Waals surface area (Å²) >= 11 is 0. The van der Waals surface area contributed by atoms with Crippen LogP contribution < -0.4 is 0 Å². The molecule has 2 heterocycles. The lowest BCUT2D eigenvalue weighted by atomic mass is 9.85. The number of methoxy groups -OCH3 is 1. The zero-order valence-electron chi connectivity index (χ0n) is 17.2. The van der Waals surface area contributed by atoms with Crippen molar-refractivity contribution in [3.8, 4) is 0 Å². The molecule has 3 amide bonds. The van der Waals surface area contributed by atoms with Gasteiger partial charge in [-0.3, -0.25) is 14.6 Å². The van der Waals surface area contributed by atoms with Gasteiger partial charge in [-0.05, 0) is 50.7 Å². The quantitative estimate of drug-likeness (QED) is 0.730. The van der Waals surface area contributed by atoms with Crippen molar-refractivity contribution in [2.45, 2.75) is 57.2 Å². The van der Waals surface area contributed by atoms with E-state index in [4.69, 9.17) is 4.74 Å². The highest BCUT2D eigenvalue weighted by Crippen LogP contribution is 2.40. The van der Waals surface area contributed by atoms with Gasteiger partial charge in [0.15, 0.2) is 0 Å². The summed E-state index contributed by atoms with van der Waals surface area (Å²) in [5.41, 5.74) is 1.87. The molecule has 1 atom stereocenters. The predicted molar refractivity (Wildman–Crippen MR) is 107 cm³/mol. The average molecular weight is 386 g/mol. The topological polar surface area (TPSA) is 53.1 Å². The standard InChI is InChI=1S/C22H31N3O3/c1-4-24-21(27)25(19-13-17-7-5-6-8-18(17)14-19)20(26)22(24)9-11-23(12-10-22)16(2)15-28-3/h5-8,16,19H,4,9-15H2,1-3H3. The maximum absolute atomic E-state index is 13.6. The van der Waals surface area contributed by atoms with Crippen molar-refractivity contribution in [1.29, 1.82) is 0 Å². The molecule has 6 heteroatoms. The van der Waals surface area contributed by atoms with Crippen LogP contribution in [0, 0.1) is 0 Å². The van der Waals surface area contributed by atoms with Crippen LogP contribution in [0.5, 0.6) is 0 Å². The van der Waals surface area contributed by atoms with E-state index >= 15 is 0 Å².